The monoisotopic (exact) mass is 365 g/mol. The summed E-state index contributed by atoms with van der Waals surface area (Å²) in [5.41, 5.74) is 3.47. The highest BCUT2D eigenvalue weighted by atomic mass is 16.4. The lowest BCUT2D eigenvalue weighted by Crippen LogP contribution is -2.38. The molecule has 3 rings (SSSR count). The molecular weight excluding hydrogens is 338 g/mol. The molecule has 1 aromatic carbocycles. The van der Waals surface area contributed by atoms with Gasteiger partial charge < -0.3 is 19.2 Å². The van der Waals surface area contributed by atoms with Crippen LogP contribution in [0.4, 0.5) is 0 Å². The molecule has 6 heteroatoms. The van der Waals surface area contributed by atoms with Crippen molar-refractivity contribution in [1.29, 1.82) is 0 Å². The molecule has 0 radical (unpaired) electrons. The SMILES string of the molecule is CCNC(=NCc1ncc(-c2ccc(C)cc2)o1)N(C)Cc1cccn1C. The molecule has 0 bridgehead atoms. The van der Waals surface area contributed by atoms with E-state index >= 15 is 0 Å². The van der Waals surface area contributed by atoms with Crippen LogP contribution in [0, 0.1) is 6.92 Å². The minimum absolute atomic E-state index is 0.395. The van der Waals surface area contributed by atoms with Crippen LogP contribution < -0.4 is 5.32 Å². The van der Waals surface area contributed by atoms with Gasteiger partial charge in [0.1, 0.15) is 6.54 Å². The minimum Gasteiger partial charge on any atom is -0.439 e. The molecule has 142 valence electrons. The molecule has 0 saturated carbocycles. The van der Waals surface area contributed by atoms with E-state index in [1.807, 2.05) is 38.5 Å². The van der Waals surface area contributed by atoms with Gasteiger partial charge in [0, 0.05) is 38.1 Å². The van der Waals surface area contributed by atoms with E-state index in [2.05, 4.69) is 56.8 Å². The van der Waals surface area contributed by atoms with Crippen LogP contribution >= 0.6 is 0 Å². The Morgan fingerprint density at radius 1 is 1.26 bits per heavy atom. The van der Waals surface area contributed by atoms with E-state index in [9.17, 15) is 0 Å². The number of hydrogen-bond acceptors (Lipinski definition) is 3. The quantitative estimate of drug-likeness (QED) is 0.536. The fourth-order valence-electron chi connectivity index (χ4n) is 2.83. The normalized spacial score (nSPS) is 11.6. The molecule has 6 nitrogen and oxygen atoms in total. The van der Waals surface area contributed by atoms with Gasteiger partial charge in [-0.25, -0.2) is 9.98 Å². The van der Waals surface area contributed by atoms with Crippen molar-refractivity contribution in [2.24, 2.45) is 12.0 Å². The van der Waals surface area contributed by atoms with Gasteiger partial charge >= 0.3 is 0 Å². The molecular formula is C21H27N5O. The summed E-state index contributed by atoms with van der Waals surface area (Å²) in [5, 5.41) is 3.33. The molecule has 2 heterocycles. The second kappa shape index (κ2) is 8.58. The predicted molar refractivity (Wildman–Crippen MR) is 108 cm³/mol. The van der Waals surface area contributed by atoms with Crippen molar-refractivity contribution in [2.45, 2.75) is 26.9 Å². The Morgan fingerprint density at radius 2 is 2.04 bits per heavy atom. The number of oxazole rings is 1. The number of benzene rings is 1. The van der Waals surface area contributed by atoms with Gasteiger partial charge in [-0.3, -0.25) is 0 Å². The van der Waals surface area contributed by atoms with E-state index in [1.54, 1.807) is 6.20 Å². The Balaban J connectivity index is 1.69. The Morgan fingerprint density at radius 3 is 2.70 bits per heavy atom. The largest absolute Gasteiger partial charge is 0.439 e. The van der Waals surface area contributed by atoms with Gasteiger partial charge in [-0.1, -0.05) is 29.8 Å². The third kappa shape index (κ3) is 4.78. The molecule has 0 atom stereocenters. The summed E-state index contributed by atoms with van der Waals surface area (Å²) < 4.78 is 7.99. The van der Waals surface area contributed by atoms with E-state index in [4.69, 9.17) is 4.42 Å². The third-order valence-electron chi connectivity index (χ3n) is 4.40. The van der Waals surface area contributed by atoms with E-state index in [0.717, 1.165) is 30.4 Å². The molecule has 0 fully saturated rings. The first-order valence-electron chi connectivity index (χ1n) is 9.18. The number of nitrogens with one attached hydrogen (secondary N) is 1. The van der Waals surface area contributed by atoms with Gasteiger partial charge in [-0.15, -0.1) is 0 Å². The maximum absolute atomic E-state index is 5.87. The topological polar surface area (TPSA) is 58.6 Å². The fraction of sp³-hybridized carbons (Fsp3) is 0.333. The summed E-state index contributed by atoms with van der Waals surface area (Å²) in [5.74, 6) is 2.20. The van der Waals surface area contributed by atoms with E-state index in [1.165, 1.54) is 11.3 Å². The zero-order chi connectivity index (χ0) is 19.2. The van der Waals surface area contributed by atoms with Gasteiger partial charge in [0.15, 0.2) is 11.7 Å². The molecule has 1 N–H and O–H groups in total. The Kier molecular flexibility index (Phi) is 5.96. The Bertz CT molecular complexity index is 891. The summed E-state index contributed by atoms with van der Waals surface area (Å²) >= 11 is 0. The molecule has 0 unspecified atom stereocenters. The van der Waals surface area contributed by atoms with Gasteiger partial charge in [-0.2, -0.15) is 0 Å². The summed E-state index contributed by atoms with van der Waals surface area (Å²) in [4.78, 5) is 11.2. The second-order valence-electron chi connectivity index (χ2n) is 6.62. The first kappa shape index (κ1) is 18.8. The van der Waals surface area contributed by atoms with E-state index < -0.39 is 0 Å². The molecule has 0 aliphatic carbocycles. The third-order valence-corrected chi connectivity index (χ3v) is 4.40. The van der Waals surface area contributed by atoms with Crippen LogP contribution in [-0.2, 0) is 20.1 Å². The van der Waals surface area contributed by atoms with E-state index in [0.29, 0.717) is 12.4 Å². The van der Waals surface area contributed by atoms with E-state index in [-0.39, 0.29) is 0 Å². The molecule has 0 spiro atoms. The first-order chi connectivity index (χ1) is 13.1. The lowest BCUT2D eigenvalue weighted by Gasteiger charge is -2.22. The van der Waals surface area contributed by atoms with Crippen LogP contribution in [0.1, 0.15) is 24.1 Å². The average molecular weight is 365 g/mol. The lowest BCUT2D eigenvalue weighted by molar-refractivity contribution is 0.456. The zero-order valence-corrected chi connectivity index (χ0v) is 16.4. The summed E-state index contributed by atoms with van der Waals surface area (Å²) in [6.07, 6.45) is 3.81. The average Bonchev–Trinajstić information content (AvgIpc) is 3.29. The molecule has 0 aliphatic heterocycles. The van der Waals surface area contributed by atoms with Crippen molar-refractivity contribution < 1.29 is 4.42 Å². The lowest BCUT2D eigenvalue weighted by atomic mass is 10.1. The Labute approximate surface area is 160 Å². The highest BCUT2D eigenvalue weighted by molar-refractivity contribution is 5.79. The van der Waals surface area contributed by atoms with Crippen molar-refractivity contribution in [3.63, 3.8) is 0 Å². The van der Waals surface area contributed by atoms with Crippen molar-refractivity contribution >= 4 is 5.96 Å². The van der Waals surface area contributed by atoms with Crippen LogP contribution in [0.25, 0.3) is 11.3 Å². The van der Waals surface area contributed by atoms with Crippen molar-refractivity contribution in [1.82, 2.24) is 19.8 Å². The zero-order valence-electron chi connectivity index (χ0n) is 16.4. The van der Waals surface area contributed by atoms with Crippen molar-refractivity contribution in [2.75, 3.05) is 13.6 Å². The standard InChI is InChI=1S/C21H27N5O/c1-5-22-21(26(4)15-18-7-6-12-25(18)3)24-14-20-23-13-19(27-20)17-10-8-16(2)9-11-17/h6-13H,5,14-15H2,1-4H3,(H,22,24). The molecule has 0 amide bonds. The second-order valence-corrected chi connectivity index (χ2v) is 6.62. The predicted octanol–water partition coefficient (Wildman–Crippen LogP) is 3.59. The number of nitrogens with zero attached hydrogens (tertiary/aromatic N) is 4. The highest BCUT2D eigenvalue weighted by Crippen LogP contribution is 2.21. The maximum Gasteiger partial charge on any atom is 0.216 e. The van der Waals surface area contributed by atoms with Gasteiger partial charge in [0.25, 0.3) is 0 Å². The number of aliphatic imine (C=N–C) groups is 1. The number of hydrogen-bond donors (Lipinski definition) is 1. The summed E-state index contributed by atoms with van der Waals surface area (Å²) in [7, 11) is 4.08. The molecule has 27 heavy (non-hydrogen) atoms. The van der Waals surface area contributed by atoms with Crippen LogP contribution in [0.2, 0.25) is 0 Å². The fourth-order valence-corrected chi connectivity index (χ4v) is 2.83. The maximum atomic E-state index is 5.87. The number of aromatic nitrogens is 2. The number of rotatable bonds is 6. The van der Waals surface area contributed by atoms with Crippen LogP contribution in [0.3, 0.4) is 0 Å². The van der Waals surface area contributed by atoms with Gasteiger partial charge in [-0.05, 0) is 26.0 Å². The van der Waals surface area contributed by atoms with Gasteiger partial charge in [0.2, 0.25) is 5.89 Å². The smallest absolute Gasteiger partial charge is 0.216 e. The molecule has 0 saturated heterocycles. The number of aryl methyl sites for hydroxylation is 2. The van der Waals surface area contributed by atoms with Crippen molar-refractivity contribution in [3.05, 3.63) is 65.9 Å². The Hall–Kier alpha value is -3.02. The molecule has 3 aromatic rings. The minimum atomic E-state index is 0.395. The van der Waals surface area contributed by atoms with Gasteiger partial charge in [0.05, 0.1) is 12.7 Å². The highest BCUT2D eigenvalue weighted by Gasteiger charge is 2.10. The van der Waals surface area contributed by atoms with Crippen LogP contribution in [-0.4, -0.2) is 34.0 Å². The number of guanidine groups is 1. The first-order valence-corrected chi connectivity index (χ1v) is 9.18. The van der Waals surface area contributed by atoms with Crippen molar-refractivity contribution in [3.8, 4) is 11.3 Å². The van der Waals surface area contributed by atoms with Crippen LogP contribution in [0.5, 0.6) is 0 Å². The summed E-state index contributed by atoms with van der Waals surface area (Å²) in [6, 6.07) is 12.4. The molecule has 0 aliphatic rings. The van der Waals surface area contributed by atoms with Crippen LogP contribution in [0.15, 0.2) is 58.2 Å². The molecule has 2 aromatic heterocycles. The summed E-state index contributed by atoms with van der Waals surface area (Å²) in [6.45, 7) is 6.10.